The molecule has 3 unspecified atom stereocenters. The molecule has 0 aliphatic heterocycles. The molecule has 0 aliphatic carbocycles. The highest BCUT2D eigenvalue weighted by molar-refractivity contribution is 7.85. The summed E-state index contributed by atoms with van der Waals surface area (Å²) in [7, 11) is -3.80. The Kier molecular flexibility index (Phi) is 11.1. The molecule has 0 radical (unpaired) electrons. The number of Topliss-reactive ketones (excluding diaryl/α,β-unsaturated/α-hetero) is 1. The highest BCUT2D eigenvalue weighted by Gasteiger charge is 2.28. The molecule has 0 aliphatic rings. The smallest absolute Gasteiger partial charge is 0.266 e. The minimum Gasteiger partial charge on any atom is -0.394 e. The van der Waals surface area contributed by atoms with Gasteiger partial charge in [-0.25, -0.2) is 0 Å². The van der Waals surface area contributed by atoms with Crippen LogP contribution < -0.4 is 5.73 Å². The van der Waals surface area contributed by atoms with Gasteiger partial charge in [-0.05, 0) is 0 Å². The summed E-state index contributed by atoms with van der Waals surface area (Å²) in [5.74, 6) is -1.36. The number of carbonyl (C=O) groups excluding carboxylic acids is 1. The Morgan fingerprint density at radius 2 is 1.63 bits per heavy atom. The molecule has 116 valence electrons. The zero-order valence-corrected chi connectivity index (χ0v) is 10.8. The van der Waals surface area contributed by atoms with Crippen LogP contribution in [0.5, 0.6) is 0 Å². The lowest BCUT2D eigenvalue weighted by molar-refractivity contribution is -0.142. The fraction of sp³-hybridized carbons (Fsp3) is 0.875. The lowest BCUT2D eigenvalue weighted by atomic mass is 10.1. The molecule has 0 aromatic carbocycles. The van der Waals surface area contributed by atoms with Gasteiger partial charge in [0.25, 0.3) is 10.1 Å². The predicted molar refractivity (Wildman–Crippen MR) is 62.7 cm³/mol. The summed E-state index contributed by atoms with van der Waals surface area (Å²) in [6, 6.07) is 0. The SMILES string of the molecule is NCCS(=O)(=O)O.O=C(CO)C(O)C(O)C(O)CO. The molecule has 0 amide bonds. The number of carbonyl (C=O) groups is 1. The van der Waals surface area contributed by atoms with E-state index in [0.717, 1.165) is 0 Å². The fourth-order valence-electron chi connectivity index (χ4n) is 0.751. The average molecular weight is 305 g/mol. The Bertz CT molecular complexity index is 344. The summed E-state index contributed by atoms with van der Waals surface area (Å²) < 4.78 is 27.3. The summed E-state index contributed by atoms with van der Waals surface area (Å²) in [6.45, 7) is -1.72. The zero-order valence-electron chi connectivity index (χ0n) is 9.95. The maximum atomic E-state index is 10.5. The molecule has 0 fully saturated rings. The molecule has 10 nitrogen and oxygen atoms in total. The van der Waals surface area contributed by atoms with E-state index in [1.165, 1.54) is 0 Å². The number of aliphatic hydroxyl groups excluding tert-OH is 5. The molecule has 0 rings (SSSR count). The van der Waals surface area contributed by atoms with E-state index in [1.54, 1.807) is 0 Å². The zero-order chi connectivity index (χ0) is 15.6. The van der Waals surface area contributed by atoms with Crippen LogP contribution in [-0.2, 0) is 14.9 Å². The Labute approximate surface area is 109 Å². The van der Waals surface area contributed by atoms with Crippen LogP contribution in [0.3, 0.4) is 0 Å². The van der Waals surface area contributed by atoms with Gasteiger partial charge in [0.2, 0.25) is 0 Å². The fourth-order valence-corrected chi connectivity index (χ4v) is 1.05. The van der Waals surface area contributed by atoms with Crippen LogP contribution in [0.2, 0.25) is 0 Å². The molecule has 0 bridgehead atoms. The minimum absolute atomic E-state index is 0.0289. The molecule has 3 atom stereocenters. The predicted octanol–water partition coefficient (Wildman–Crippen LogP) is -4.54. The van der Waals surface area contributed by atoms with Gasteiger partial charge in [0, 0.05) is 6.54 Å². The van der Waals surface area contributed by atoms with Crippen molar-refractivity contribution in [2.24, 2.45) is 5.73 Å². The first kappa shape index (κ1) is 20.7. The van der Waals surface area contributed by atoms with Crippen LogP contribution in [0.1, 0.15) is 0 Å². The Morgan fingerprint density at radius 1 is 1.16 bits per heavy atom. The first-order chi connectivity index (χ1) is 8.60. The topological polar surface area (TPSA) is 199 Å². The molecule has 0 saturated heterocycles. The lowest BCUT2D eigenvalue weighted by Gasteiger charge is -2.19. The van der Waals surface area contributed by atoms with E-state index in [-0.39, 0.29) is 12.3 Å². The highest BCUT2D eigenvalue weighted by Crippen LogP contribution is 2.00. The van der Waals surface area contributed by atoms with Crippen LogP contribution in [-0.4, -0.2) is 88.1 Å². The molecule has 11 heteroatoms. The van der Waals surface area contributed by atoms with Crippen molar-refractivity contribution in [2.75, 3.05) is 25.5 Å². The molecule has 0 heterocycles. The molecule has 0 aromatic heterocycles. The number of rotatable bonds is 7. The van der Waals surface area contributed by atoms with Crippen molar-refractivity contribution in [2.45, 2.75) is 18.3 Å². The minimum atomic E-state index is -3.80. The lowest BCUT2D eigenvalue weighted by Crippen LogP contribution is -2.44. The van der Waals surface area contributed by atoms with Crippen molar-refractivity contribution in [3.8, 4) is 0 Å². The molecule has 19 heavy (non-hydrogen) atoms. The molecular weight excluding hydrogens is 286 g/mol. The molecule has 0 aromatic rings. The summed E-state index contributed by atoms with van der Waals surface area (Å²) >= 11 is 0. The largest absolute Gasteiger partial charge is 0.394 e. The van der Waals surface area contributed by atoms with E-state index in [9.17, 15) is 13.2 Å². The van der Waals surface area contributed by atoms with Gasteiger partial charge < -0.3 is 31.3 Å². The number of hydrogen-bond donors (Lipinski definition) is 7. The van der Waals surface area contributed by atoms with E-state index in [1.807, 2.05) is 0 Å². The summed E-state index contributed by atoms with van der Waals surface area (Å²) in [6.07, 6.45) is -5.22. The summed E-state index contributed by atoms with van der Waals surface area (Å²) in [5, 5.41) is 43.1. The van der Waals surface area contributed by atoms with E-state index in [4.69, 9.17) is 35.8 Å². The second-order valence-electron chi connectivity index (χ2n) is 3.38. The van der Waals surface area contributed by atoms with E-state index < -0.39 is 47.4 Å². The molecule has 0 saturated carbocycles. The van der Waals surface area contributed by atoms with Gasteiger partial charge in [0.05, 0.1) is 12.4 Å². The number of nitrogens with two attached hydrogens (primary N) is 1. The van der Waals surface area contributed by atoms with Crippen molar-refractivity contribution in [3.05, 3.63) is 0 Å². The monoisotopic (exact) mass is 305 g/mol. The van der Waals surface area contributed by atoms with Gasteiger partial charge in [0.1, 0.15) is 24.9 Å². The van der Waals surface area contributed by atoms with Crippen LogP contribution >= 0.6 is 0 Å². The third-order valence-corrected chi connectivity index (χ3v) is 2.52. The van der Waals surface area contributed by atoms with Gasteiger partial charge in [-0.2, -0.15) is 8.42 Å². The first-order valence-corrected chi connectivity index (χ1v) is 6.65. The van der Waals surface area contributed by atoms with Crippen LogP contribution in [0, 0.1) is 0 Å². The second-order valence-corrected chi connectivity index (χ2v) is 4.96. The van der Waals surface area contributed by atoms with Crippen molar-refractivity contribution in [1.82, 2.24) is 0 Å². The number of ketones is 1. The molecule has 0 spiro atoms. The van der Waals surface area contributed by atoms with Gasteiger partial charge in [-0.15, -0.1) is 0 Å². The third kappa shape index (κ3) is 10.9. The second kappa shape index (κ2) is 10.2. The number of hydrogen-bond acceptors (Lipinski definition) is 9. The highest BCUT2D eigenvalue weighted by atomic mass is 32.2. The Morgan fingerprint density at radius 3 is 1.84 bits per heavy atom. The van der Waals surface area contributed by atoms with Gasteiger partial charge in [-0.1, -0.05) is 0 Å². The maximum absolute atomic E-state index is 10.5. The van der Waals surface area contributed by atoms with Crippen LogP contribution in [0.25, 0.3) is 0 Å². The number of aliphatic hydroxyl groups is 5. The van der Waals surface area contributed by atoms with Gasteiger partial charge in [-0.3, -0.25) is 9.35 Å². The quantitative estimate of drug-likeness (QED) is 0.225. The summed E-state index contributed by atoms with van der Waals surface area (Å²) in [5.41, 5.74) is 4.78. The van der Waals surface area contributed by atoms with Crippen LogP contribution in [0.15, 0.2) is 0 Å². The normalized spacial score (nSPS) is 15.9. The third-order valence-electron chi connectivity index (χ3n) is 1.77. The standard InChI is InChI=1S/C6H12O6.C2H7NO3S/c7-1-3(9)5(11)6(12)4(10)2-8;3-1-2-7(4,5)6/h3,5-9,11-12H,1-2H2;1-3H2,(H,4,5,6). The first-order valence-electron chi connectivity index (χ1n) is 5.04. The van der Waals surface area contributed by atoms with E-state index in [2.05, 4.69) is 0 Å². The van der Waals surface area contributed by atoms with E-state index in [0.29, 0.717) is 0 Å². The maximum Gasteiger partial charge on any atom is 0.266 e. The van der Waals surface area contributed by atoms with Crippen molar-refractivity contribution < 1.29 is 43.3 Å². The van der Waals surface area contributed by atoms with Crippen molar-refractivity contribution in [1.29, 1.82) is 0 Å². The van der Waals surface area contributed by atoms with Crippen molar-refractivity contribution in [3.63, 3.8) is 0 Å². The molecular formula is C8H19NO9S. The summed E-state index contributed by atoms with van der Waals surface area (Å²) in [4.78, 5) is 10.5. The van der Waals surface area contributed by atoms with Crippen LogP contribution in [0.4, 0.5) is 0 Å². The Balaban J connectivity index is 0. The van der Waals surface area contributed by atoms with Gasteiger partial charge in [0.15, 0.2) is 5.78 Å². The average Bonchev–Trinajstić information content (AvgIpc) is 2.34. The van der Waals surface area contributed by atoms with E-state index >= 15 is 0 Å². The van der Waals surface area contributed by atoms with Gasteiger partial charge >= 0.3 is 0 Å². The molecule has 8 N–H and O–H groups in total. The Hall–Kier alpha value is -0.660. The van der Waals surface area contributed by atoms with Crippen molar-refractivity contribution >= 4 is 15.9 Å².